The van der Waals surface area contributed by atoms with Crippen LogP contribution in [0.1, 0.15) is 0 Å². The summed E-state index contributed by atoms with van der Waals surface area (Å²) >= 11 is 0. The summed E-state index contributed by atoms with van der Waals surface area (Å²) in [5.41, 5.74) is 0.199. The van der Waals surface area contributed by atoms with Crippen molar-refractivity contribution in [2.75, 3.05) is 17.4 Å². The first-order chi connectivity index (χ1) is 16.0. The van der Waals surface area contributed by atoms with Gasteiger partial charge in [-0.15, -0.1) is 0 Å². The minimum absolute atomic E-state index is 0.114. The molecule has 0 aliphatic carbocycles. The fraction of sp³-hybridized carbons (Fsp3) is 0.0435. The number of hydrogen-bond donors (Lipinski definition) is 2. The van der Waals surface area contributed by atoms with Crippen molar-refractivity contribution in [2.45, 2.75) is 0 Å². The van der Waals surface area contributed by atoms with Crippen LogP contribution in [0.5, 0.6) is 23.0 Å². The van der Waals surface area contributed by atoms with Gasteiger partial charge in [0.05, 0.1) is 16.9 Å². The first kappa shape index (κ1) is 20.4. The molecule has 166 valence electrons. The minimum Gasteiger partial charge on any atom is -0.456 e. The van der Waals surface area contributed by atoms with E-state index in [0.29, 0.717) is 34.2 Å². The summed E-state index contributed by atoms with van der Waals surface area (Å²) in [6.07, 6.45) is 1.55. The molecule has 3 aromatic carbocycles. The second-order valence-corrected chi connectivity index (χ2v) is 6.98. The number of rotatable bonds is 4. The van der Waals surface area contributed by atoms with E-state index >= 15 is 0 Å². The van der Waals surface area contributed by atoms with E-state index in [2.05, 4.69) is 15.6 Å². The third-order valence-corrected chi connectivity index (χ3v) is 4.79. The molecule has 0 atom stereocenters. The van der Waals surface area contributed by atoms with Gasteiger partial charge >= 0.3 is 6.03 Å². The van der Waals surface area contributed by atoms with Crippen molar-refractivity contribution in [1.29, 1.82) is 0 Å². The van der Waals surface area contributed by atoms with Gasteiger partial charge in [0.15, 0.2) is 11.5 Å². The molecule has 1 aromatic heterocycles. The number of aromatic nitrogens is 1. The van der Waals surface area contributed by atoms with Crippen molar-refractivity contribution in [2.24, 2.45) is 0 Å². The van der Waals surface area contributed by atoms with Crippen LogP contribution in [-0.4, -0.2) is 17.8 Å². The fourth-order valence-corrected chi connectivity index (χ4v) is 3.25. The van der Waals surface area contributed by atoms with E-state index in [-0.39, 0.29) is 23.9 Å². The number of amides is 2. The third kappa shape index (κ3) is 4.18. The molecule has 1 aliphatic heterocycles. The Labute approximate surface area is 184 Å². The van der Waals surface area contributed by atoms with Gasteiger partial charge in [-0.3, -0.25) is 4.98 Å². The largest absolute Gasteiger partial charge is 0.456 e. The zero-order valence-corrected chi connectivity index (χ0v) is 16.7. The lowest BCUT2D eigenvalue weighted by atomic mass is 10.2. The molecular formula is C23H14F3N3O4. The van der Waals surface area contributed by atoms with E-state index in [1.54, 1.807) is 24.4 Å². The van der Waals surface area contributed by atoms with E-state index in [1.807, 2.05) is 0 Å². The summed E-state index contributed by atoms with van der Waals surface area (Å²) in [4.78, 5) is 16.4. The molecule has 0 saturated heterocycles. The molecule has 10 heteroatoms. The summed E-state index contributed by atoms with van der Waals surface area (Å²) in [6.45, 7) is 0.114. The Morgan fingerprint density at radius 3 is 2.30 bits per heavy atom. The van der Waals surface area contributed by atoms with Crippen LogP contribution in [0, 0.1) is 17.5 Å². The highest BCUT2D eigenvalue weighted by atomic mass is 19.1. The van der Waals surface area contributed by atoms with Crippen LogP contribution < -0.4 is 24.8 Å². The first-order valence-corrected chi connectivity index (χ1v) is 9.65. The molecule has 0 unspecified atom stereocenters. The number of benzene rings is 3. The molecular weight excluding hydrogens is 439 g/mol. The summed E-state index contributed by atoms with van der Waals surface area (Å²) in [7, 11) is 0. The van der Waals surface area contributed by atoms with Gasteiger partial charge in [0.1, 0.15) is 29.0 Å². The van der Waals surface area contributed by atoms with Gasteiger partial charge in [-0.25, -0.2) is 18.0 Å². The molecule has 0 bridgehead atoms. The SMILES string of the molecule is O=C(Nc1ccc(F)cc1F)Nc1ccc(Oc2ccnc3cc4c(cc23)OCO4)cc1F. The maximum absolute atomic E-state index is 14.6. The third-order valence-electron chi connectivity index (χ3n) is 4.79. The number of fused-ring (bicyclic) bond motifs is 2. The molecule has 2 heterocycles. The number of carbonyl (C=O) groups excluding carboxylic acids is 1. The number of hydrogen-bond acceptors (Lipinski definition) is 5. The lowest BCUT2D eigenvalue weighted by Crippen LogP contribution is -2.20. The number of urea groups is 1. The zero-order chi connectivity index (χ0) is 22.9. The quantitative estimate of drug-likeness (QED) is 0.407. The number of ether oxygens (including phenoxy) is 3. The standard InChI is InChI=1S/C23H14F3N3O4/c24-12-1-3-17(15(25)7-12)28-23(30)29-18-4-2-13(8-16(18)26)33-20-5-6-27-19-10-22-21(9-14(19)20)31-11-32-22/h1-10H,11H2,(H2,28,29,30). The molecule has 2 N–H and O–H groups in total. The highest BCUT2D eigenvalue weighted by Gasteiger charge is 2.17. The van der Waals surface area contributed by atoms with Crippen molar-refractivity contribution in [3.63, 3.8) is 0 Å². The first-order valence-electron chi connectivity index (χ1n) is 9.65. The smallest absolute Gasteiger partial charge is 0.323 e. The van der Waals surface area contributed by atoms with Crippen molar-refractivity contribution in [1.82, 2.24) is 4.98 Å². The van der Waals surface area contributed by atoms with Crippen LogP contribution in [0.15, 0.2) is 60.8 Å². The van der Waals surface area contributed by atoms with Gasteiger partial charge < -0.3 is 24.8 Å². The van der Waals surface area contributed by atoms with Crippen molar-refractivity contribution >= 4 is 28.3 Å². The summed E-state index contributed by atoms with van der Waals surface area (Å²) < 4.78 is 57.8. The molecule has 5 rings (SSSR count). The molecule has 2 amide bonds. The predicted octanol–water partition coefficient (Wildman–Crippen LogP) is 5.82. The topological polar surface area (TPSA) is 81.7 Å². The Kier molecular flexibility index (Phi) is 5.09. The van der Waals surface area contributed by atoms with Gasteiger partial charge in [0, 0.05) is 29.8 Å². The number of halogens is 3. The summed E-state index contributed by atoms with van der Waals surface area (Å²) in [6, 6.07) is 10.7. The van der Waals surface area contributed by atoms with Gasteiger partial charge in [-0.2, -0.15) is 0 Å². The minimum atomic E-state index is -0.957. The van der Waals surface area contributed by atoms with E-state index < -0.39 is 23.5 Å². The Hall–Kier alpha value is -4.47. The van der Waals surface area contributed by atoms with E-state index in [4.69, 9.17) is 14.2 Å². The maximum Gasteiger partial charge on any atom is 0.323 e. The van der Waals surface area contributed by atoms with E-state index in [9.17, 15) is 18.0 Å². The molecule has 1 aliphatic rings. The Balaban J connectivity index is 1.33. The lowest BCUT2D eigenvalue weighted by molar-refractivity contribution is 0.174. The van der Waals surface area contributed by atoms with Crippen LogP contribution in [-0.2, 0) is 0 Å². The van der Waals surface area contributed by atoms with Crippen LogP contribution in [0.25, 0.3) is 10.9 Å². The summed E-state index contributed by atoms with van der Waals surface area (Å²) in [5, 5.41) is 5.10. The molecule has 0 saturated carbocycles. The van der Waals surface area contributed by atoms with Crippen molar-refractivity contribution in [3.8, 4) is 23.0 Å². The fourth-order valence-electron chi connectivity index (χ4n) is 3.25. The number of anilines is 2. The summed E-state index contributed by atoms with van der Waals surface area (Å²) in [5.74, 6) is -0.801. The van der Waals surface area contributed by atoms with Crippen LogP contribution >= 0.6 is 0 Å². The van der Waals surface area contributed by atoms with Crippen LogP contribution in [0.2, 0.25) is 0 Å². The predicted molar refractivity (Wildman–Crippen MR) is 113 cm³/mol. The van der Waals surface area contributed by atoms with Gasteiger partial charge in [0.2, 0.25) is 6.79 Å². The maximum atomic E-state index is 14.6. The van der Waals surface area contributed by atoms with Crippen LogP contribution in [0.3, 0.4) is 0 Å². The van der Waals surface area contributed by atoms with E-state index in [0.717, 1.165) is 18.2 Å². The molecule has 0 fully saturated rings. The monoisotopic (exact) mass is 453 g/mol. The number of nitrogens with one attached hydrogen (secondary N) is 2. The second-order valence-electron chi connectivity index (χ2n) is 6.98. The Morgan fingerprint density at radius 2 is 1.58 bits per heavy atom. The van der Waals surface area contributed by atoms with E-state index in [1.165, 1.54) is 12.1 Å². The second kappa shape index (κ2) is 8.23. The highest BCUT2D eigenvalue weighted by Crippen LogP contribution is 2.39. The number of nitrogens with zero attached hydrogens (tertiary/aromatic N) is 1. The van der Waals surface area contributed by atoms with Gasteiger partial charge in [-0.05, 0) is 36.4 Å². The molecule has 0 spiro atoms. The normalized spacial score (nSPS) is 12.0. The number of pyridine rings is 1. The molecule has 7 nitrogen and oxygen atoms in total. The Bertz CT molecular complexity index is 1400. The molecule has 4 aromatic rings. The average Bonchev–Trinajstić information content (AvgIpc) is 3.24. The Morgan fingerprint density at radius 1 is 0.879 bits per heavy atom. The van der Waals surface area contributed by atoms with Gasteiger partial charge in [0.25, 0.3) is 0 Å². The van der Waals surface area contributed by atoms with Crippen molar-refractivity contribution < 1.29 is 32.2 Å². The molecule has 0 radical (unpaired) electrons. The lowest BCUT2D eigenvalue weighted by Gasteiger charge is -2.12. The highest BCUT2D eigenvalue weighted by molar-refractivity contribution is 6.00. The number of carbonyl (C=O) groups is 1. The molecule has 33 heavy (non-hydrogen) atoms. The average molecular weight is 453 g/mol. The van der Waals surface area contributed by atoms with Gasteiger partial charge in [-0.1, -0.05) is 0 Å². The van der Waals surface area contributed by atoms with Crippen molar-refractivity contribution in [3.05, 3.63) is 78.2 Å². The zero-order valence-electron chi connectivity index (χ0n) is 16.7. The van der Waals surface area contributed by atoms with Crippen LogP contribution in [0.4, 0.5) is 29.3 Å².